The monoisotopic (exact) mass is 386 g/mol. The number of nitro groups is 1. The molecule has 1 aromatic heterocycles. The predicted octanol–water partition coefficient (Wildman–Crippen LogP) is 5.69. The number of nitrogens with one attached hydrogen (secondary N) is 1. The highest BCUT2D eigenvalue weighted by molar-refractivity contribution is 5.88. The predicted molar refractivity (Wildman–Crippen MR) is 112 cm³/mol. The lowest BCUT2D eigenvalue weighted by atomic mass is 10.1. The van der Waals surface area contributed by atoms with Gasteiger partial charge >= 0.3 is 11.6 Å². The molecule has 0 radical (unpaired) electrons. The van der Waals surface area contributed by atoms with E-state index in [-0.39, 0.29) is 17.4 Å². The zero-order valence-corrected chi connectivity index (χ0v) is 15.9. The standard InChI is InChI=1S/C22H18N4O3/c1-14-7-5-11-18(15(14)2)25-21-20(26(27)28)22(24-13-23-21)29-19-12-6-9-16-8-3-4-10-17(16)19/h3-13H,1-2H3,(H,23,24,25). The van der Waals surface area contributed by atoms with Crippen LogP contribution in [-0.2, 0) is 0 Å². The van der Waals surface area contributed by atoms with Crippen LogP contribution in [0.4, 0.5) is 17.2 Å². The Morgan fingerprint density at radius 3 is 2.55 bits per heavy atom. The maximum Gasteiger partial charge on any atom is 0.373 e. The summed E-state index contributed by atoms with van der Waals surface area (Å²) in [6.45, 7) is 3.92. The lowest BCUT2D eigenvalue weighted by Gasteiger charge is -2.13. The van der Waals surface area contributed by atoms with Crippen LogP contribution in [0.25, 0.3) is 10.8 Å². The molecule has 7 nitrogen and oxygen atoms in total. The highest BCUT2D eigenvalue weighted by Crippen LogP contribution is 2.38. The van der Waals surface area contributed by atoms with Crippen molar-refractivity contribution in [3.05, 3.63) is 88.2 Å². The van der Waals surface area contributed by atoms with Crippen LogP contribution < -0.4 is 10.1 Å². The van der Waals surface area contributed by atoms with Gasteiger partial charge in [0.1, 0.15) is 12.1 Å². The van der Waals surface area contributed by atoms with Crippen molar-refractivity contribution in [3.8, 4) is 11.6 Å². The van der Waals surface area contributed by atoms with Gasteiger partial charge < -0.3 is 10.1 Å². The first kappa shape index (κ1) is 18.4. The van der Waals surface area contributed by atoms with Gasteiger partial charge in [0.2, 0.25) is 5.82 Å². The molecule has 0 atom stereocenters. The van der Waals surface area contributed by atoms with E-state index in [0.29, 0.717) is 5.75 Å². The van der Waals surface area contributed by atoms with Gasteiger partial charge in [-0.3, -0.25) is 10.1 Å². The number of aryl methyl sites for hydroxylation is 1. The Kier molecular flexibility index (Phi) is 4.78. The summed E-state index contributed by atoms with van der Waals surface area (Å²) in [5.41, 5.74) is 2.47. The molecule has 0 bridgehead atoms. The highest BCUT2D eigenvalue weighted by Gasteiger charge is 2.26. The van der Waals surface area contributed by atoms with E-state index in [9.17, 15) is 10.1 Å². The number of fused-ring (bicyclic) bond motifs is 1. The van der Waals surface area contributed by atoms with Crippen molar-refractivity contribution in [3.63, 3.8) is 0 Å². The molecule has 1 heterocycles. The fourth-order valence-electron chi connectivity index (χ4n) is 3.10. The Morgan fingerprint density at radius 1 is 0.966 bits per heavy atom. The van der Waals surface area contributed by atoms with Crippen molar-refractivity contribution in [2.45, 2.75) is 13.8 Å². The van der Waals surface area contributed by atoms with Gasteiger partial charge in [-0.1, -0.05) is 48.5 Å². The second-order valence-electron chi connectivity index (χ2n) is 6.58. The molecule has 0 unspecified atom stereocenters. The number of hydrogen-bond donors (Lipinski definition) is 1. The minimum absolute atomic E-state index is 0.0777. The zero-order chi connectivity index (χ0) is 20.4. The van der Waals surface area contributed by atoms with Crippen LogP contribution >= 0.6 is 0 Å². The number of benzene rings is 3. The van der Waals surface area contributed by atoms with Crippen molar-refractivity contribution >= 4 is 28.0 Å². The number of rotatable bonds is 5. The van der Waals surface area contributed by atoms with Crippen molar-refractivity contribution in [2.75, 3.05) is 5.32 Å². The third kappa shape index (κ3) is 3.58. The minimum Gasteiger partial charge on any atom is -0.433 e. The molecule has 4 rings (SSSR count). The second-order valence-corrected chi connectivity index (χ2v) is 6.58. The van der Waals surface area contributed by atoms with Gasteiger partial charge in [0.25, 0.3) is 0 Å². The smallest absolute Gasteiger partial charge is 0.373 e. The highest BCUT2D eigenvalue weighted by atomic mass is 16.6. The summed E-state index contributed by atoms with van der Waals surface area (Å²) in [4.78, 5) is 19.4. The number of ether oxygens (including phenoxy) is 1. The van der Waals surface area contributed by atoms with Crippen molar-refractivity contribution < 1.29 is 9.66 Å². The quantitative estimate of drug-likeness (QED) is 0.350. The summed E-state index contributed by atoms with van der Waals surface area (Å²) in [7, 11) is 0. The summed E-state index contributed by atoms with van der Waals surface area (Å²) in [5.74, 6) is 0.450. The molecule has 0 aliphatic rings. The van der Waals surface area contributed by atoms with Crippen LogP contribution in [0.2, 0.25) is 0 Å². The minimum atomic E-state index is -0.534. The number of aromatic nitrogens is 2. The Balaban J connectivity index is 1.77. The Hall–Kier alpha value is -4.00. The maximum absolute atomic E-state index is 11.8. The lowest BCUT2D eigenvalue weighted by molar-refractivity contribution is -0.385. The third-order valence-corrected chi connectivity index (χ3v) is 4.79. The first-order chi connectivity index (χ1) is 14.0. The van der Waals surface area contributed by atoms with E-state index in [1.807, 2.05) is 68.4 Å². The maximum atomic E-state index is 11.8. The average Bonchev–Trinajstić information content (AvgIpc) is 2.72. The van der Waals surface area contributed by atoms with Crippen LogP contribution in [0.5, 0.6) is 11.6 Å². The molecular weight excluding hydrogens is 368 g/mol. The van der Waals surface area contributed by atoms with Crippen molar-refractivity contribution in [1.82, 2.24) is 9.97 Å². The molecule has 0 saturated heterocycles. The zero-order valence-electron chi connectivity index (χ0n) is 15.9. The van der Waals surface area contributed by atoms with Crippen LogP contribution in [0.15, 0.2) is 67.0 Å². The Morgan fingerprint density at radius 2 is 1.72 bits per heavy atom. The van der Waals surface area contributed by atoms with Crippen molar-refractivity contribution in [1.29, 1.82) is 0 Å². The summed E-state index contributed by atoms with van der Waals surface area (Å²) in [6.07, 6.45) is 1.25. The Labute approximate surface area is 167 Å². The first-order valence-electron chi connectivity index (χ1n) is 9.03. The van der Waals surface area contributed by atoms with Crippen LogP contribution in [0.1, 0.15) is 11.1 Å². The van der Waals surface area contributed by atoms with Gasteiger partial charge in [0.05, 0.1) is 4.92 Å². The summed E-state index contributed by atoms with van der Waals surface area (Å²) >= 11 is 0. The van der Waals surface area contributed by atoms with E-state index in [0.717, 1.165) is 27.6 Å². The molecule has 0 amide bonds. The van der Waals surface area contributed by atoms with Crippen LogP contribution in [0.3, 0.4) is 0 Å². The van der Waals surface area contributed by atoms with Crippen LogP contribution in [-0.4, -0.2) is 14.9 Å². The molecule has 0 spiro atoms. The molecule has 4 aromatic rings. The molecule has 3 aromatic carbocycles. The van der Waals surface area contributed by atoms with E-state index < -0.39 is 4.92 Å². The van der Waals surface area contributed by atoms with Gasteiger partial charge in [-0.05, 0) is 42.5 Å². The Bertz CT molecular complexity index is 1220. The summed E-state index contributed by atoms with van der Waals surface area (Å²) in [6, 6.07) is 18.9. The molecule has 7 heteroatoms. The first-order valence-corrected chi connectivity index (χ1v) is 9.03. The van der Waals surface area contributed by atoms with E-state index in [1.165, 1.54) is 6.33 Å². The van der Waals surface area contributed by atoms with E-state index in [1.54, 1.807) is 6.07 Å². The second kappa shape index (κ2) is 7.55. The largest absolute Gasteiger partial charge is 0.433 e. The fraction of sp³-hybridized carbons (Fsp3) is 0.0909. The van der Waals surface area contributed by atoms with E-state index in [2.05, 4.69) is 15.3 Å². The third-order valence-electron chi connectivity index (χ3n) is 4.79. The van der Waals surface area contributed by atoms with E-state index in [4.69, 9.17) is 4.74 Å². The lowest BCUT2D eigenvalue weighted by Crippen LogP contribution is -2.04. The van der Waals surface area contributed by atoms with Gasteiger partial charge in [0.15, 0.2) is 0 Å². The fourth-order valence-corrected chi connectivity index (χ4v) is 3.10. The topological polar surface area (TPSA) is 90.2 Å². The van der Waals surface area contributed by atoms with Gasteiger partial charge in [0, 0.05) is 11.1 Å². The molecule has 0 fully saturated rings. The molecule has 0 saturated carbocycles. The molecule has 0 aliphatic heterocycles. The molecule has 1 N–H and O–H groups in total. The van der Waals surface area contributed by atoms with Gasteiger partial charge in [-0.25, -0.2) is 4.98 Å². The van der Waals surface area contributed by atoms with Crippen LogP contribution in [0, 0.1) is 24.0 Å². The number of anilines is 2. The number of nitrogens with zero attached hydrogens (tertiary/aromatic N) is 3. The van der Waals surface area contributed by atoms with Gasteiger partial charge in [-0.2, -0.15) is 4.98 Å². The number of hydrogen-bond acceptors (Lipinski definition) is 6. The molecule has 29 heavy (non-hydrogen) atoms. The summed E-state index contributed by atoms with van der Waals surface area (Å²) in [5, 5.41) is 16.7. The normalized spacial score (nSPS) is 10.7. The van der Waals surface area contributed by atoms with E-state index >= 15 is 0 Å². The van der Waals surface area contributed by atoms with Crippen molar-refractivity contribution in [2.24, 2.45) is 0 Å². The summed E-state index contributed by atoms with van der Waals surface area (Å²) < 4.78 is 5.88. The molecule has 144 valence electrons. The van der Waals surface area contributed by atoms with Gasteiger partial charge in [-0.15, -0.1) is 0 Å². The molecule has 0 aliphatic carbocycles. The SMILES string of the molecule is Cc1cccc(Nc2ncnc(Oc3cccc4ccccc34)c2[N+](=O)[O-])c1C. The average molecular weight is 386 g/mol. The molecular formula is C22H18N4O3.